The van der Waals surface area contributed by atoms with Crippen LogP contribution in [0.1, 0.15) is 30.1 Å². The number of methoxy groups -OCH3 is 1. The van der Waals surface area contributed by atoms with Crippen molar-refractivity contribution < 1.29 is 14.3 Å². The molecule has 0 bridgehead atoms. The van der Waals surface area contributed by atoms with Gasteiger partial charge in [0, 0.05) is 38.9 Å². The Morgan fingerprint density at radius 3 is 2.90 bits per heavy atom. The third kappa shape index (κ3) is 3.95. The molecule has 2 N–H and O–H groups in total. The highest BCUT2D eigenvalue weighted by Gasteiger charge is 2.35. The van der Waals surface area contributed by atoms with Crippen LogP contribution in [0.5, 0.6) is 0 Å². The summed E-state index contributed by atoms with van der Waals surface area (Å²) in [4.78, 5) is 12.4. The van der Waals surface area contributed by atoms with E-state index >= 15 is 0 Å². The summed E-state index contributed by atoms with van der Waals surface area (Å²) in [6.45, 7) is 4.61. The van der Waals surface area contributed by atoms with Crippen molar-refractivity contribution >= 4 is 11.6 Å². The molecule has 1 aromatic rings. The van der Waals surface area contributed by atoms with Crippen molar-refractivity contribution in [2.45, 2.75) is 25.4 Å². The van der Waals surface area contributed by atoms with Gasteiger partial charge in [-0.1, -0.05) is 19.1 Å². The van der Waals surface area contributed by atoms with Crippen molar-refractivity contribution in [1.29, 1.82) is 0 Å². The number of benzene rings is 1. The average Bonchev–Trinajstić information content (AvgIpc) is 3.00. The second-order valence-electron chi connectivity index (χ2n) is 5.34. The van der Waals surface area contributed by atoms with Crippen LogP contribution in [0.2, 0.25) is 0 Å². The standard InChI is InChI=1S/C16H24N2O3/c1-3-9-17-14-7-5-4-6-13(14)15(19)18-11-16(20-2)8-10-21-12-16/h4-7,17H,3,8-12H2,1-2H3,(H,18,19). The fourth-order valence-corrected chi connectivity index (χ4v) is 2.39. The van der Waals surface area contributed by atoms with E-state index in [4.69, 9.17) is 9.47 Å². The van der Waals surface area contributed by atoms with Crippen molar-refractivity contribution in [3.05, 3.63) is 29.8 Å². The largest absolute Gasteiger partial charge is 0.384 e. The predicted octanol–water partition coefficient (Wildman–Crippen LogP) is 2.04. The molecule has 5 heteroatoms. The van der Waals surface area contributed by atoms with Gasteiger partial charge in [-0.15, -0.1) is 0 Å². The molecule has 0 saturated carbocycles. The first-order valence-corrected chi connectivity index (χ1v) is 7.45. The van der Waals surface area contributed by atoms with Gasteiger partial charge in [-0.05, 0) is 18.6 Å². The van der Waals surface area contributed by atoms with Gasteiger partial charge < -0.3 is 20.1 Å². The molecule has 1 aliphatic heterocycles. The lowest BCUT2D eigenvalue weighted by molar-refractivity contribution is -0.0148. The average molecular weight is 292 g/mol. The van der Waals surface area contributed by atoms with Gasteiger partial charge in [0.2, 0.25) is 0 Å². The van der Waals surface area contributed by atoms with Gasteiger partial charge in [-0.25, -0.2) is 0 Å². The van der Waals surface area contributed by atoms with E-state index in [0.29, 0.717) is 25.3 Å². The Morgan fingerprint density at radius 2 is 2.24 bits per heavy atom. The molecule has 0 aromatic heterocycles. The summed E-state index contributed by atoms with van der Waals surface area (Å²) in [7, 11) is 1.66. The molecule has 1 aliphatic rings. The molecule has 1 saturated heterocycles. The summed E-state index contributed by atoms with van der Waals surface area (Å²) in [5, 5.41) is 6.24. The summed E-state index contributed by atoms with van der Waals surface area (Å²) < 4.78 is 10.9. The number of nitrogens with one attached hydrogen (secondary N) is 2. The van der Waals surface area contributed by atoms with Crippen LogP contribution in [0.25, 0.3) is 0 Å². The number of hydrogen-bond acceptors (Lipinski definition) is 4. The molecule has 1 heterocycles. The first-order chi connectivity index (χ1) is 10.2. The van der Waals surface area contributed by atoms with Crippen LogP contribution in [-0.4, -0.2) is 44.9 Å². The van der Waals surface area contributed by atoms with E-state index in [-0.39, 0.29) is 11.5 Å². The number of ether oxygens (including phenoxy) is 2. The number of carbonyl (C=O) groups is 1. The van der Waals surface area contributed by atoms with Crippen LogP contribution < -0.4 is 10.6 Å². The molecule has 1 atom stereocenters. The van der Waals surface area contributed by atoms with E-state index in [1.54, 1.807) is 7.11 Å². The second-order valence-corrected chi connectivity index (χ2v) is 5.34. The fourth-order valence-electron chi connectivity index (χ4n) is 2.39. The zero-order chi connectivity index (χ0) is 15.1. The third-order valence-corrected chi connectivity index (χ3v) is 3.81. The highest BCUT2D eigenvalue weighted by Crippen LogP contribution is 2.22. The maximum atomic E-state index is 12.4. The highest BCUT2D eigenvalue weighted by molar-refractivity contribution is 5.99. The second kappa shape index (κ2) is 7.43. The maximum Gasteiger partial charge on any atom is 0.253 e. The first-order valence-electron chi connectivity index (χ1n) is 7.45. The van der Waals surface area contributed by atoms with Gasteiger partial charge in [-0.3, -0.25) is 4.79 Å². The number of para-hydroxylation sites is 1. The molecule has 0 aliphatic carbocycles. The third-order valence-electron chi connectivity index (χ3n) is 3.81. The topological polar surface area (TPSA) is 59.6 Å². The SMILES string of the molecule is CCCNc1ccccc1C(=O)NCC1(OC)CCOC1. The van der Waals surface area contributed by atoms with Crippen molar-refractivity contribution in [3.8, 4) is 0 Å². The van der Waals surface area contributed by atoms with E-state index in [9.17, 15) is 4.79 Å². The zero-order valence-corrected chi connectivity index (χ0v) is 12.8. The summed E-state index contributed by atoms with van der Waals surface area (Å²) in [6.07, 6.45) is 1.82. The van der Waals surface area contributed by atoms with Crippen LogP contribution >= 0.6 is 0 Å². The molecule has 1 unspecified atom stereocenters. The molecule has 1 fully saturated rings. The molecular formula is C16H24N2O3. The highest BCUT2D eigenvalue weighted by atomic mass is 16.5. The van der Waals surface area contributed by atoms with Gasteiger partial charge in [0.25, 0.3) is 5.91 Å². The Morgan fingerprint density at radius 1 is 1.43 bits per heavy atom. The van der Waals surface area contributed by atoms with Gasteiger partial charge in [0.15, 0.2) is 0 Å². The molecule has 1 amide bonds. The maximum absolute atomic E-state index is 12.4. The monoisotopic (exact) mass is 292 g/mol. The van der Waals surface area contributed by atoms with Gasteiger partial charge in [-0.2, -0.15) is 0 Å². The number of carbonyl (C=O) groups excluding carboxylic acids is 1. The van der Waals surface area contributed by atoms with Crippen molar-refractivity contribution in [3.63, 3.8) is 0 Å². The first kappa shape index (κ1) is 15.8. The minimum atomic E-state index is -0.387. The van der Waals surface area contributed by atoms with Gasteiger partial charge in [0.05, 0.1) is 12.2 Å². The molecule has 1 aromatic carbocycles. The van der Waals surface area contributed by atoms with Crippen molar-refractivity contribution in [2.75, 3.05) is 38.7 Å². The van der Waals surface area contributed by atoms with E-state index < -0.39 is 0 Å². The van der Waals surface area contributed by atoms with E-state index in [1.807, 2.05) is 24.3 Å². The van der Waals surface area contributed by atoms with Crippen LogP contribution in [0.4, 0.5) is 5.69 Å². The lowest BCUT2D eigenvalue weighted by atomic mass is 10.0. The predicted molar refractivity (Wildman–Crippen MR) is 82.7 cm³/mol. The molecule has 0 radical (unpaired) electrons. The molecular weight excluding hydrogens is 268 g/mol. The number of rotatable bonds is 7. The normalized spacial score (nSPS) is 21.2. The molecule has 5 nitrogen and oxygen atoms in total. The zero-order valence-electron chi connectivity index (χ0n) is 12.8. The molecule has 2 rings (SSSR count). The Bertz CT molecular complexity index is 470. The molecule has 21 heavy (non-hydrogen) atoms. The quantitative estimate of drug-likeness (QED) is 0.807. The van der Waals surface area contributed by atoms with Crippen molar-refractivity contribution in [2.24, 2.45) is 0 Å². The Kier molecular flexibility index (Phi) is 5.59. The van der Waals surface area contributed by atoms with Crippen LogP contribution in [0.15, 0.2) is 24.3 Å². The smallest absolute Gasteiger partial charge is 0.253 e. The summed E-state index contributed by atoms with van der Waals surface area (Å²) in [5.74, 6) is -0.0856. The van der Waals surface area contributed by atoms with Gasteiger partial charge in [0.1, 0.15) is 5.60 Å². The Hall–Kier alpha value is -1.59. The van der Waals surface area contributed by atoms with E-state index in [0.717, 1.165) is 25.1 Å². The van der Waals surface area contributed by atoms with E-state index in [2.05, 4.69) is 17.6 Å². The number of amides is 1. The van der Waals surface area contributed by atoms with Crippen LogP contribution in [-0.2, 0) is 9.47 Å². The summed E-state index contributed by atoms with van der Waals surface area (Å²) in [6, 6.07) is 7.56. The van der Waals surface area contributed by atoms with Gasteiger partial charge >= 0.3 is 0 Å². The minimum Gasteiger partial charge on any atom is -0.384 e. The lowest BCUT2D eigenvalue weighted by Crippen LogP contribution is -2.45. The lowest BCUT2D eigenvalue weighted by Gasteiger charge is -2.26. The summed E-state index contributed by atoms with van der Waals surface area (Å²) in [5.41, 5.74) is 1.14. The van der Waals surface area contributed by atoms with E-state index in [1.165, 1.54) is 0 Å². The fraction of sp³-hybridized carbons (Fsp3) is 0.562. The van der Waals surface area contributed by atoms with Crippen molar-refractivity contribution in [1.82, 2.24) is 5.32 Å². The molecule has 0 spiro atoms. The summed E-state index contributed by atoms with van der Waals surface area (Å²) >= 11 is 0. The Balaban J connectivity index is 2.00. The van der Waals surface area contributed by atoms with Crippen LogP contribution in [0, 0.1) is 0 Å². The minimum absolute atomic E-state index is 0.0856. The van der Waals surface area contributed by atoms with Crippen LogP contribution in [0.3, 0.4) is 0 Å². The number of anilines is 1. The molecule has 116 valence electrons. The number of hydrogen-bond donors (Lipinski definition) is 2. The Labute approximate surface area is 126 Å².